The zero-order valence-electron chi connectivity index (χ0n) is 14.7. The van der Waals surface area contributed by atoms with E-state index in [4.69, 9.17) is 0 Å². The molecule has 1 aliphatic heterocycles. The predicted octanol–water partition coefficient (Wildman–Crippen LogP) is 3.03. The highest BCUT2D eigenvalue weighted by atomic mass is 19.1. The largest absolute Gasteiger partial charge is 0.327 e. The van der Waals surface area contributed by atoms with Crippen molar-refractivity contribution in [2.45, 2.75) is 63.5 Å². The van der Waals surface area contributed by atoms with Gasteiger partial charge >= 0.3 is 0 Å². The summed E-state index contributed by atoms with van der Waals surface area (Å²) in [5, 5.41) is 0. The lowest BCUT2D eigenvalue weighted by atomic mass is 9.92. The summed E-state index contributed by atoms with van der Waals surface area (Å²) in [6.45, 7) is 0. The highest BCUT2D eigenvalue weighted by molar-refractivity contribution is 6.23. The number of nitrogens with zero attached hydrogens (tertiary/aromatic N) is 2. The molecule has 0 bridgehead atoms. The molecule has 0 spiro atoms. The van der Waals surface area contributed by atoms with Crippen molar-refractivity contribution in [2.75, 3.05) is 4.90 Å². The van der Waals surface area contributed by atoms with Gasteiger partial charge in [-0.3, -0.25) is 14.4 Å². The lowest BCUT2D eigenvalue weighted by Crippen LogP contribution is -2.52. The van der Waals surface area contributed by atoms with E-state index in [9.17, 15) is 18.8 Å². The smallest absolute Gasteiger partial charge is 0.257 e. The molecule has 0 aromatic heterocycles. The standard InChI is InChI=1S/C20H23FN2O3/c21-14-8-10-16(11-9-14)23-18(24)12-17(20(23)26)22(19(25)13-6-7-13)15-4-2-1-3-5-15/h8-11,13,15,17H,1-7,12H2. The molecule has 3 amide bonds. The van der Waals surface area contributed by atoms with E-state index in [-0.39, 0.29) is 36.1 Å². The van der Waals surface area contributed by atoms with Crippen molar-refractivity contribution in [2.24, 2.45) is 5.92 Å². The van der Waals surface area contributed by atoms with Crippen molar-refractivity contribution in [3.63, 3.8) is 0 Å². The van der Waals surface area contributed by atoms with Crippen LogP contribution < -0.4 is 4.90 Å². The average molecular weight is 358 g/mol. The Morgan fingerprint density at radius 2 is 1.65 bits per heavy atom. The first-order chi connectivity index (χ1) is 12.6. The molecule has 1 heterocycles. The first-order valence-electron chi connectivity index (χ1n) is 9.51. The normalized spacial score (nSPS) is 24.2. The molecule has 5 nitrogen and oxygen atoms in total. The second kappa shape index (κ2) is 6.82. The highest BCUT2D eigenvalue weighted by Gasteiger charge is 2.48. The summed E-state index contributed by atoms with van der Waals surface area (Å²) < 4.78 is 13.2. The van der Waals surface area contributed by atoms with Gasteiger partial charge in [-0.25, -0.2) is 9.29 Å². The van der Waals surface area contributed by atoms with Gasteiger partial charge in [-0.1, -0.05) is 19.3 Å². The molecule has 6 heteroatoms. The Morgan fingerprint density at radius 1 is 1.00 bits per heavy atom. The van der Waals surface area contributed by atoms with Crippen molar-refractivity contribution in [1.29, 1.82) is 0 Å². The number of amides is 3. The maximum Gasteiger partial charge on any atom is 0.257 e. The van der Waals surface area contributed by atoms with Gasteiger partial charge in [0.25, 0.3) is 5.91 Å². The number of hydrogen-bond acceptors (Lipinski definition) is 3. The van der Waals surface area contributed by atoms with Crippen LogP contribution in [0.3, 0.4) is 0 Å². The van der Waals surface area contributed by atoms with Crippen LogP contribution in [0.4, 0.5) is 10.1 Å². The molecule has 0 radical (unpaired) electrons. The van der Waals surface area contributed by atoms with Crippen LogP contribution in [0.1, 0.15) is 51.4 Å². The minimum Gasteiger partial charge on any atom is -0.327 e. The Balaban J connectivity index is 1.61. The Bertz CT molecular complexity index is 723. The SMILES string of the molecule is O=C1CC(N(C(=O)C2CC2)C2CCCCC2)C(=O)N1c1ccc(F)cc1. The van der Waals surface area contributed by atoms with Crippen LogP contribution in [-0.4, -0.2) is 34.7 Å². The van der Waals surface area contributed by atoms with Crippen molar-refractivity contribution in [1.82, 2.24) is 4.90 Å². The second-order valence-electron chi connectivity index (χ2n) is 7.58. The summed E-state index contributed by atoms with van der Waals surface area (Å²) in [6.07, 6.45) is 6.81. The Labute approximate surface area is 152 Å². The number of rotatable bonds is 4. The van der Waals surface area contributed by atoms with E-state index < -0.39 is 11.9 Å². The summed E-state index contributed by atoms with van der Waals surface area (Å²) in [5.74, 6) is -1.06. The van der Waals surface area contributed by atoms with E-state index in [1.165, 1.54) is 24.3 Å². The van der Waals surface area contributed by atoms with Gasteiger partial charge in [0.05, 0.1) is 12.1 Å². The maximum atomic E-state index is 13.2. The topological polar surface area (TPSA) is 57.7 Å². The number of hydrogen-bond donors (Lipinski definition) is 0. The second-order valence-corrected chi connectivity index (χ2v) is 7.58. The van der Waals surface area contributed by atoms with Crippen LogP contribution >= 0.6 is 0 Å². The molecule has 1 aromatic rings. The Kier molecular flexibility index (Phi) is 4.51. The van der Waals surface area contributed by atoms with Gasteiger partial charge in [-0.15, -0.1) is 0 Å². The molecular weight excluding hydrogens is 335 g/mol. The van der Waals surface area contributed by atoms with Gasteiger partial charge in [-0.05, 0) is 49.9 Å². The molecule has 2 aliphatic carbocycles. The van der Waals surface area contributed by atoms with Crippen molar-refractivity contribution in [3.8, 4) is 0 Å². The third-order valence-electron chi connectivity index (χ3n) is 5.69. The molecule has 1 unspecified atom stereocenters. The van der Waals surface area contributed by atoms with E-state index in [1.807, 2.05) is 0 Å². The fourth-order valence-corrected chi connectivity index (χ4v) is 4.18. The van der Waals surface area contributed by atoms with Crippen molar-refractivity contribution < 1.29 is 18.8 Å². The van der Waals surface area contributed by atoms with Crippen LogP contribution in [0.25, 0.3) is 0 Å². The van der Waals surface area contributed by atoms with E-state index in [0.29, 0.717) is 5.69 Å². The molecule has 2 saturated carbocycles. The van der Waals surface area contributed by atoms with Crippen LogP contribution in [-0.2, 0) is 14.4 Å². The predicted molar refractivity (Wildman–Crippen MR) is 93.7 cm³/mol. The molecular formula is C20H23FN2O3. The molecule has 138 valence electrons. The molecule has 1 atom stereocenters. The summed E-state index contributed by atoms with van der Waals surface area (Å²) in [4.78, 5) is 41.4. The van der Waals surface area contributed by atoms with E-state index >= 15 is 0 Å². The first-order valence-corrected chi connectivity index (χ1v) is 9.51. The summed E-state index contributed by atoms with van der Waals surface area (Å²) in [6, 6.07) is 4.66. The highest BCUT2D eigenvalue weighted by Crippen LogP contribution is 2.37. The number of halogens is 1. The maximum absolute atomic E-state index is 13.2. The van der Waals surface area contributed by atoms with Gasteiger partial charge in [0.1, 0.15) is 11.9 Å². The van der Waals surface area contributed by atoms with Gasteiger partial charge in [0.15, 0.2) is 0 Å². The number of carbonyl (C=O) groups is 3. The van der Waals surface area contributed by atoms with E-state index in [2.05, 4.69) is 0 Å². The van der Waals surface area contributed by atoms with Crippen LogP contribution in [0.5, 0.6) is 0 Å². The third-order valence-corrected chi connectivity index (χ3v) is 5.69. The summed E-state index contributed by atoms with van der Waals surface area (Å²) >= 11 is 0. The third kappa shape index (κ3) is 3.13. The Morgan fingerprint density at radius 3 is 2.27 bits per heavy atom. The number of imide groups is 1. The Hall–Kier alpha value is -2.24. The van der Waals surface area contributed by atoms with Gasteiger partial charge < -0.3 is 4.90 Å². The quantitative estimate of drug-likeness (QED) is 0.778. The fraction of sp³-hybridized carbons (Fsp3) is 0.550. The number of benzene rings is 1. The first kappa shape index (κ1) is 17.2. The summed E-state index contributed by atoms with van der Waals surface area (Å²) in [7, 11) is 0. The molecule has 26 heavy (non-hydrogen) atoms. The molecule has 0 N–H and O–H groups in total. The summed E-state index contributed by atoms with van der Waals surface area (Å²) in [5.41, 5.74) is 0.367. The van der Waals surface area contributed by atoms with Crippen LogP contribution in [0, 0.1) is 11.7 Å². The van der Waals surface area contributed by atoms with Crippen LogP contribution in [0.2, 0.25) is 0 Å². The zero-order valence-corrected chi connectivity index (χ0v) is 14.7. The minimum atomic E-state index is -0.719. The van der Waals surface area contributed by atoms with Crippen LogP contribution in [0.15, 0.2) is 24.3 Å². The number of carbonyl (C=O) groups excluding carboxylic acids is 3. The average Bonchev–Trinajstić information content (AvgIpc) is 3.45. The fourth-order valence-electron chi connectivity index (χ4n) is 4.18. The van der Waals surface area contributed by atoms with E-state index in [1.54, 1.807) is 4.90 Å². The lowest BCUT2D eigenvalue weighted by molar-refractivity contribution is -0.143. The van der Waals surface area contributed by atoms with Gasteiger partial charge in [0, 0.05) is 12.0 Å². The molecule has 4 rings (SSSR count). The molecule has 3 aliphatic rings. The van der Waals surface area contributed by atoms with E-state index in [0.717, 1.165) is 49.8 Å². The van der Waals surface area contributed by atoms with Crippen molar-refractivity contribution >= 4 is 23.4 Å². The van der Waals surface area contributed by atoms with Gasteiger partial charge in [-0.2, -0.15) is 0 Å². The van der Waals surface area contributed by atoms with Crippen molar-refractivity contribution in [3.05, 3.63) is 30.1 Å². The molecule has 3 fully saturated rings. The monoisotopic (exact) mass is 358 g/mol. The minimum absolute atomic E-state index is 0.0136. The lowest BCUT2D eigenvalue weighted by Gasteiger charge is -2.37. The number of anilines is 1. The zero-order chi connectivity index (χ0) is 18.3. The molecule has 1 aromatic carbocycles. The van der Waals surface area contributed by atoms with Gasteiger partial charge in [0.2, 0.25) is 11.8 Å². The molecule has 1 saturated heterocycles.